The zero-order valence-electron chi connectivity index (χ0n) is 14.9. The Kier molecular flexibility index (Phi) is 11.9. The van der Waals surface area contributed by atoms with Gasteiger partial charge in [0.15, 0.2) is 5.96 Å². The van der Waals surface area contributed by atoms with Gasteiger partial charge in [0.2, 0.25) is 0 Å². The molecular formula is C17H33IN6. The molecule has 1 aromatic rings. The van der Waals surface area contributed by atoms with E-state index in [1.165, 1.54) is 45.3 Å². The van der Waals surface area contributed by atoms with Crippen LogP contribution in [0, 0.1) is 0 Å². The zero-order chi connectivity index (χ0) is 16.2. The summed E-state index contributed by atoms with van der Waals surface area (Å²) in [4.78, 5) is 7.21. The summed E-state index contributed by atoms with van der Waals surface area (Å²) >= 11 is 0. The lowest BCUT2D eigenvalue weighted by Crippen LogP contribution is -2.38. The number of halogens is 1. The number of aryl methyl sites for hydroxylation is 1. The van der Waals surface area contributed by atoms with E-state index in [-0.39, 0.29) is 24.0 Å². The number of hydrogen-bond donors (Lipinski definition) is 2. The Bertz CT molecular complexity index is 428. The van der Waals surface area contributed by atoms with Crippen LogP contribution in [0.3, 0.4) is 0 Å². The third-order valence-corrected chi connectivity index (χ3v) is 4.11. The molecule has 24 heavy (non-hydrogen) atoms. The number of hydrogen-bond acceptors (Lipinski definition) is 3. The van der Waals surface area contributed by atoms with E-state index in [9.17, 15) is 0 Å². The van der Waals surface area contributed by atoms with Crippen molar-refractivity contribution < 1.29 is 0 Å². The topological polar surface area (TPSA) is 57.5 Å². The Morgan fingerprint density at radius 1 is 1.12 bits per heavy atom. The summed E-state index contributed by atoms with van der Waals surface area (Å²) in [7, 11) is 0. The number of unbranched alkanes of at least 4 members (excludes halogenated alkanes) is 1. The highest BCUT2D eigenvalue weighted by atomic mass is 127. The van der Waals surface area contributed by atoms with Crippen LogP contribution in [0.1, 0.15) is 39.0 Å². The number of aromatic nitrogens is 2. The minimum absolute atomic E-state index is 0. The molecule has 7 heteroatoms. The van der Waals surface area contributed by atoms with Crippen LogP contribution in [-0.2, 0) is 6.54 Å². The van der Waals surface area contributed by atoms with E-state index in [0.29, 0.717) is 0 Å². The van der Waals surface area contributed by atoms with Crippen molar-refractivity contribution in [1.29, 1.82) is 0 Å². The molecular weight excluding hydrogens is 415 g/mol. The molecule has 1 saturated heterocycles. The van der Waals surface area contributed by atoms with E-state index in [4.69, 9.17) is 0 Å². The Hall–Kier alpha value is -0.830. The summed E-state index contributed by atoms with van der Waals surface area (Å²) in [6, 6.07) is 1.96. The lowest BCUT2D eigenvalue weighted by atomic mass is 10.3. The molecule has 0 spiro atoms. The first-order chi connectivity index (χ1) is 11.4. The molecule has 0 saturated carbocycles. The largest absolute Gasteiger partial charge is 0.357 e. The molecule has 0 radical (unpaired) electrons. The van der Waals surface area contributed by atoms with Gasteiger partial charge in [-0.2, -0.15) is 5.10 Å². The maximum Gasteiger partial charge on any atom is 0.191 e. The van der Waals surface area contributed by atoms with E-state index in [1.54, 1.807) is 0 Å². The predicted molar refractivity (Wildman–Crippen MR) is 111 cm³/mol. The highest BCUT2D eigenvalue weighted by molar-refractivity contribution is 14.0. The van der Waals surface area contributed by atoms with Gasteiger partial charge in [0.1, 0.15) is 0 Å². The number of guanidine groups is 1. The lowest BCUT2D eigenvalue weighted by Gasteiger charge is -2.15. The molecule has 2 heterocycles. The zero-order valence-corrected chi connectivity index (χ0v) is 17.2. The Morgan fingerprint density at radius 2 is 1.96 bits per heavy atom. The normalized spacial score (nSPS) is 15.3. The molecule has 0 bridgehead atoms. The van der Waals surface area contributed by atoms with Crippen LogP contribution in [0.2, 0.25) is 0 Å². The third-order valence-electron chi connectivity index (χ3n) is 4.11. The number of likely N-dealkylation sites (tertiary alicyclic amines) is 1. The van der Waals surface area contributed by atoms with Crippen molar-refractivity contribution in [3.05, 3.63) is 18.5 Å². The molecule has 0 amide bonds. The van der Waals surface area contributed by atoms with Crippen LogP contribution < -0.4 is 10.6 Å². The van der Waals surface area contributed by atoms with E-state index in [0.717, 1.165) is 38.6 Å². The third kappa shape index (κ3) is 8.86. The molecule has 0 aliphatic carbocycles. The standard InChI is InChI=1S/C17H32N6.HI/c1-2-18-17(20-10-7-15-23-16-8-11-21-23)19-9-3-4-12-22-13-5-6-14-22;/h8,11,16H,2-7,9-10,12-15H2,1H3,(H2,18,19,20);1H. The fourth-order valence-electron chi connectivity index (χ4n) is 2.87. The summed E-state index contributed by atoms with van der Waals surface area (Å²) in [6.45, 7) is 9.60. The van der Waals surface area contributed by atoms with Crippen molar-refractivity contribution in [2.45, 2.75) is 45.6 Å². The first-order valence-electron chi connectivity index (χ1n) is 9.10. The lowest BCUT2D eigenvalue weighted by molar-refractivity contribution is 0.330. The first-order valence-corrected chi connectivity index (χ1v) is 9.10. The van der Waals surface area contributed by atoms with Crippen LogP contribution in [0.4, 0.5) is 0 Å². The monoisotopic (exact) mass is 448 g/mol. The van der Waals surface area contributed by atoms with E-state index < -0.39 is 0 Å². The average molecular weight is 448 g/mol. The summed E-state index contributed by atoms with van der Waals surface area (Å²) < 4.78 is 1.95. The maximum absolute atomic E-state index is 4.63. The molecule has 0 aromatic carbocycles. The van der Waals surface area contributed by atoms with Crippen molar-refractivity contribution in [1.82, 2.24) is 25.3 Å². The summed E-state index contributed by atoms with van der Waals surface area (Å²) in [5.41, 5.74) is 0. The van der Waals surface area contributed by atoms with Crippen molar-refractivity contribution in [2.75, 3.05) is 39.3 Å². The molecule has 6 nitrogen and oxygen atoms in total. The highest BCUT2D eigenvalue weighted by Crippen LogP contribution is 2.07. The molecule has 1 aliphatic heterocycles. The SMILES string of the molecule is CCNC(=NCCCn1cccn1)NCCCCN1CCCC1.I. The molecule has 1 aliphatic rings. The minimum Gasteiger partial charge on any atom is -0.357 e. The van der Waals surface area contributed by atoms with Gasteiger partial charge in [0, 0.05) is 38.6 Å². The van der Waals surface area contributed by atoms with Crippen molar-refractivity contribution in [3.8, 4) is 0 Å². The molecule has 0 unspecified atom stereocenters. The minimum atomic E-state index is 0. The van der Waals surface area contributed by atoms with Gasteiger partial charge >= 0.3 is 0 Å². The van der Waals surface area contributed by atoms with Gasteiger partial charge in [-0.1, -0.05) is 0 Å². The Morgan fingerprint density at radius 3 is 2.67 bits per heavy atom. The van der Waals surface area contributed by atoms with Crippen LogP contribution in [0.5, 0.6) is 0 Å². The second kappa shape index (κ2) is 13.5. The van der Waals surface area contributed by atoms with E-state index in [1.807, 2.05) is 23.1 Å². The van der Waals surface area contributed by atoms with Crippen molar-refractivity contribution in [3.63, 3.8) is 0 Å². The van der Waals surface area contributed by atoms with Crippen molar-refractivity contribution in [2.24, 2.45) is 4.99 Å². The number of nitrogens with zero attached hydrogens (tertiary/aromatic N) is 4. The average Bonchev–Trinajstić information content (AvgIpc) is 3.24. The molecule has 2 N–H and O–H groups in total. The van der Waals surface area contributed by atoms with Crippen LogP contribution in [0.25, 0.3) is 0 Å². The quantitative estimate of drug-likeness (QED) is 0.250. The molecule has 1 aromatic heterocycles. The fourth-order valence-corrected chi connectivity index (χ4v) is 2.87. The Labute approximate surface area is 163 Å². The van der Waals surface area contributed by atoms with Gasteiger partial charge < -0.3 is 15.5 Å². The van der Waals surface area contributed by atoms with Gasteiger partial charge in [-0.25, -0.2) is 0 Å². The second-order valence-corrected chi connectivity index (χ2v) is 6.07. The molecule has 2 rings (SSSR count). The summed E-state index contributed by atoms with van der Waals surface area (Å²) in [5, 5.41) is 11.0. The van der Waals surface area contributed by atoms with Gasteiger partial charge in [-0.05, 0) is 64.7 Å². The smallest absolute Gasteiger partial charge is 0.191 e. The summed E-state index contributed by atoms with van der Waals surface area (Å²) in [6.07, 6.45) is 10.1. The summed E-state index contributed by atoms with van der Waals surface area (Å²) in [5.74, 6) is 0.939. The Balaban J connectivity index is 0.00000288. The van der Waals surface area contributed by atoms with Crippen LogP contribution in [-0.4, -0.2) is 59.9 Å². The van der Waals surface area contributed by atoms with Gasteiger partial charge in [-0.15, -0.1) is 24.0 Å². The van der Waals surface area contributed by atoms with E-state index in [2.05, 4.69) is 32.5 Å². The van der Waals surface area contributed by atoms with Crippen LogP contribution in [0.15, 0.2) is 23.5 Å². The van der Waals surface area contributed by atoms with Crippen molar-refractivity contribution >= 4 is 29.9 Å². The number of rotatable bonds is 10. The van der Waals surface area contributed by atoms with Gasteiger partial charge in [-0.3, -0.25) is 9.67 Å². The first kappa shape index (κ1) is 21.2. The predicted octanol–water partition coefficient (Wildman–Crippen LogP) is 2.32. The molecule has 0 atom stereocenters. The van der Waals surface area contributed by atoms with Gasteiger partial charge in [0.25, 0.3) is 0 Å². The highest BCUT2D eigenvalue weighted by Gasteiger charge is 2.09. The molecule has 1 fully saturated rings. The van der Waals surface area contributed by atoms with Gasteiger partial charge in [0.05, 0.1) is 0 Å². The van der Waals surface area contributed by atoms with E-state index >= 15 is 0 Å². The van der Waals surface area contributed by atoms with Crippen LogP contribution >= 0.6 is 24.0 Å². The second-order valence-electron chi connectivity index (χ2n) is 6.07. The maximum atomic E-state index is 4.63. The molecule has 138 valence electrons. The fraction of sp³-hybridized carbons (Fsp3) is 0.765. The number of nitrogens with one attached hydrogen (secondary N) is 2. The number of aliphatic imine (C=N–C) groups is 1.